The van der Waals surface area contributed by atoms with Gasteiger partial charge in [0.05, 0.1) is 26.3 Å². The number of hydrogen-bond donors (Lipinski definition) is 1. The number of carbonyl (C=O) groups is 2. The van der Waals surface area contributed by atoms with Gasteiger partial charge in [-0.1, -0.05) is 12.1 Å². The Hall–Kier alpha value is -4.27. The zero-order valence-corrected chi connectivity index (χ0v) is 17.6. The van der Waals surface area contributed by atoms with Crippen molar-refractivity contribution in [2.45, 2.75) is 6.92 Å². The van der Waals surface area contributed by atoms with Crippen molar-refractivity contribution in [1.29, 1.82) is 0 Å². The maximum atomic E-state index is 13.2. The summed E-state index contributed by atoms with van der Waals surface area (Å²) in [6, 6.07) is 12.7. The first-order chi connectivity index (χ1) is 15.5. The number of methoxy groups -OCH3 is 2. The number of anilines is 1. The van der Waals surface area contributed by atoms with Crippen LogP contribution in [0.2, 0.25) is 0 Å². The summed E-state index contributed by atoms with van der Waals surface area (Å²) in [5.74, 6) is -0.420. The third-order valence-electron chi connectivity index (χ3n) is 4.86. The van der Waals surface area contributed by atoms with Crippen LogP contribution in [0.5, 0.6) is 11.5 Å². The van der Waals surface area contributed by atoms with Crippen LogP contribution in [0.15, 0.2) is 57.7 Å². The van der Waals surface area contributed by atoms with E-state index in [1.165, 1.54) is 36.8 Å². The third-order valence-corrected chi connectivity index (χ3v) is 4.86. The smallest absolute Gasteiger partial charge is 0.343 e. The molecule has 0 radical (unpaired) electrons. The van der Waals surface area contributed by atoms with E-state index in [9.17, 15) is 14.4 Å². The van der Waals surface area contributed by atoms with Gasteiger partial charge in [0.1, 0.15) is 11.3 Å². The number of aromatic nitrogens is 1. The standard InChI is InChI=1S/C23H20N2O7/c1-4-31-23(28)14-12-15(21(27)25-16-7-5-6-8-17(16)32-22(14)25)24-20(26)13-9-10-18(29-2)19(11-13)30-3/h5-12H,4H2,1-3H3,(H,24,26). The van der Waals surface area contributed by atoms with Gasteiger partial charge in [-0.3, -0.25) is 9.59 Å². The highest BCUT2D eigenvalue weighted by Gasteiger charge is 2.23. The molecule has 9 heteroatoms. The SMILES string of the molecule is CCOC(=O)c1cc(NC(=O)c2ccc(OC)c(OC)c2)c(=O)n2c1oc1ccccc12. The van der Waals surface area contributed by atoms with E-state index in [2.05, 4.69) is 5.32 Å². The molecule has 9 nitrogen and oxygen atoms in total. The zero-order chi connectivity index (χ0) is 22.8. The lowest BCUT2D eigenvalue weighted by molar-refractivity contribution is 0.0526. The summed E-state index contributed by atoms with van der Waals surface area (Å²) < 4.78 is 22.5. The second kappa shape index (κ2) is 8.46. The Morgan fingerprint density at radius 2 is 1.78 bits per heavy atom. The van der Waals surface area contributed by atoms with Crippen molar-refractivity contribution in [2.24, 2.45) is 0 Å². The lowest BCUT2D eigenvalue weighted by Crippen LogP contribution is -2.24. The Balaban J connectivity index is 1.84. The Morgan fingerprint density at radius 1 is 1.03 bits per heavy atom. The molecule has 0 aliphatic rings. The van der Waals surface area contributed by atoms with Crippen molar-refractivity contribution >= 4 is 34.4 Å². The van der Waals surface area contributed by atoms with Crippen LogP contribution in [0, 0.1) is 0 Å². The van der Waals surface area contributed by atoms with Gasteiger partial charge in [-0.15, -0.1) is 0 Å². The fraction of sp³-hybridized carbons (Fsp3) is 0.174. The number of fused-ring (bicyclic) bond motifs is 3. The van der Waals surface area contributed by atoms with Crippen LogP contribution in [0.1, 0.15) is 27.6 Å². The molecule has 0 saturated carbocycles. The average molecular weight is 436 g/mol. The van der Waals surface area contributed by atoms with Crippen molar-refractivity contribution < 1.29 is 28.2 Å². The van der Waals surface area contributed by atoms with Crippen molar-refractivity contribution in [3.05, 3.63) is 70.0 Å². The summed E-state index contributed by atoms with van der Waals surface area (Å²) in [6.45, 7) is 1.81. The van der Waals surface area contributed by atoms with Crippen LogP contribution in [0.3, 0.4) is 0 Å². The Labute approximate surface area is 182 Å². The molecule has 164 valence electrons. The minimum atomic E-state index is -0.675. The molecule has 2 aromatic heterocycles. The van der Waals surface area contributed by atoms with Gasteiger partial charge in [0.25, 0.3) is 11.5 Å². The van der Waals surface area contributed by atoms with Crippen molar-refractivity contribution in [3.8, 4) is 11.5 Å². The number of esters is 1. The quantitative estimate of drug-likeness (QED) is 0.461. The van der Waals surface area contributed by atoms with Crippen LogP contribution in [0.25, 0.3) is 16.8 Å². The molecule has 0 unspecified atom stereocenters. The molecule has 0 fully saturated rings. The molecule has 0 aliphatic carbocycles. The average Bonchev–Trinajstić information content (AvgIpc) is 3.20. The first-order valence-electron chi connectivity index (χ1n) is 9.76. The fourth-order valence-electron chi connectivity index (χ4n) is 3.37. The highest BCUT2D eigenvalue weighted by Crippen LogP contribution is 2.28. The maximum absolute atomic E-state index is 13.2. The molecule has 4 aromatic rings. The largest absolute Gasteiger partial charge is 0.493 e. The van der Waals surface area contributed by atoms with E-state index >= 15 is 0 Å². The van der Waals surface area contributed by atoms with Gasteiger partial charge in [0.2, 0.25) is 5.71 Å². The predicted molar refractivity (Wildman–Crippen MR) is 117 cm³/mol. The number of para-hydroxylation sites is 2. The molecule has 0 spiro atoms. The minimum absolute atomic E-state index is 0.0188. The van der Waals surface area contributed by atoms with Gasteiger partial charge < -0.3 is 23.9 Å². The van der Waals surface area contributed by atoms with Crippen molar-refractivity contribution in [3.63, 3.8) is 0 Å². The van der Waals surface area contributed by atoms with Gasteiger partial charge in [-0.05, 0) is 43.3 Å². The van der Waals surface area contributed by atoms with Gasteiger partial charge in [0.15, 0.2) is 17.1 Å². The highest BCUT2D eigenvalue weighted by molar-refractivity contribution is 6.06. The number of ether oxygens (including phenoxy) is 3. The summed E-state index contributed by atoms with van der Waals surface area (Å²) >= 11 is 0. The van der Waals surface area contributed by atoms with E-state index in [1.54, 1.807) is 37.3 Å². The Morgan fingerprint density at radius 3 is 2.50 bits per heavy atom. The minimum Gasteiger partial charge on any atom is -0.493 e. The molecule has 0 atom stereocenters. The predicted octanol–water partition coefficient (Wildman–Crippen LogP) is 3.49. The number of nitrogens with one attached hydrogen (secondary N) is 1. The first-order valence-corrected chi connectivity index (χ1v) is 9.76. The van der Waals surface area contributed by atoms with E-state index in [0.717, 1.165) is 0 Å². The number of amides is 1. The van der Waals surface area contributed by atoms with Gasteiger partial charge >= 0.3 is 5.97 Å². The van der Waals surface area contributed by atoms with Gasteiger partial charge in [-0.2, -0.15) is 0 Å². The molecule has 0 saturated heterocycles. The third kappa shape index (κ3) is 3.53. The second-order valence-corrected chi connectivity index (χ2v) is 6.73. The highest BCUT2D eigenvalue weighted by atomic mass is 16.5. The number of benzene rings is 2. The Kier molecular flexibility index (Phi) is 5.55. The van der Waals surface area contributed by atoms with Crippen molar-refractivity contribution in [1.82, 2.24) is 4.40 Å². The summed E-state index contributed by atoms with van der Waals surface area (Å²) in [5.41, 5.74) is 0.522. The number of nitrogens with zero attached hydrogens (tertiary/aromatic N) is 1. The molecule has 2 aromatic carbocycles. The van der Waals surface area contributed by atoms with Crippen LogP contribution >= 0.6 is 0 Å². The fourth-order valence-corrected chi connectivity index (χ4v) is 3.37. The van der Waals surface area contributed by atoms with E-state index in [0.29, 0.717) is 22.6 Å². The maximum Gasteiger partial charge on any atom is 0.343 e. The number of carbonyl (C=O) groups excluding carboxylic acids is 2. The van der Waals surface area contributed by atoms with Crippen LogP contribution < -0.4 is 20.3 Å². The number of rotatable bonds is 6. The lowest BCUT2D eigenvalue weighted by Gasteiger charge is -2.11. The number of hydrogen-bond acceptors (Lipinski definition) is 7. The molecular formula is C23H20N2O7. The molecule has 1 N–H and O–H groups in total. The summed E-state index contributed by atoms with van der Waals surface area (Å²) in [6.07, 6.45) is 0. The molecular weight excluding hydrogens is 416 g/mol. The van der Waals surface area contributed by atoms with E-state index < -0.39 is 17.4 Å². The van der Waals surface area contributed by atoms with Gasteiger partial charge in [0, 0.05) is 5.56 Å². The summed E-state index contributed by atoms with van der Waals surface area (Å²) in [7, 11) is 2.94. The molecule has 1 amide bonds. The van der Waals surface area contributed by atoms with Crippen LogP contribution in [-0.2, 0) is 4.74 Å². The summed E-state index contributed by atoms with van der Waals surface area (Å²) in [4.78, 5) is 38.7. The normalized spacial score (nSPS) is 10.8. The molecule has 0 aliphatic heterocycles. The molecule has 32 heavy (non-hydrogen) atoms. The first kappa shape index (κ1) is 21.0. The summed E-state index contributed by atoms with van der Waals surface area (Å²) in [5, 5.41) is 2.58. The van der Waals surface area contributed by atoms with Crippen LogP contribution in [-0.4, -0.2) is 37.1 Å². The topological polar surface area (TPSA) is 108 Å². The lowest BCUT2D eigenvalue weighted by atomic mass is 10.1. The zero-order valence-electron chi connectivity index (χ0n) is 17.6. The molecule has 2 heterocycles. The van der Waals surface area contributed by atoms with E-state index in [-0.39, 0.29) is 29.1 Å². The van der Waals surface area contributed by atoms with Crippen LogP contribution in [0.4, 0.5) is 5.69 Å². The number of pyridine rings is 1. The second-order valence-electron chi connectivity index (χ2n) is 6.73. The Bertz CT molecular complexity index is 1400. The molecule has 4 rings (SSSR count). The number of oxazole rings is 1. The molecule has 0 bridgehead atoms. The van der Waals surface area contributed by atoms with E-state index in [4.69, 9.17) is 18.6 Å². The van der Waals surface area contributed by atoms with Crippen molar-refractivity contribution in [2.75, 3.05) is 26.1 Å². The van der Waals surface area contributed by atoms with E-state index in [1.807, 2.05) is 0 Å². The monoisotopic (exact) mass is 436 g/mol. The van der Waals surface area contributed by atoms with Gasteiger partial charge in [-0.25, -0.2) is 9.20 Å².